The van der Waals surface area contributed by atoms with Gasteiger partial charge >= 0.3 is 6.18 Å². The highest BCUT2D eigenvalue weighted by molar-refractivity contribution is 5.24. The van der Waals surface area contributed by atoms with E-state index in [0.29, 0.717) is 5.56 Å². The van der Waals surface area contributed by atoms with Crippen molar-refractivity contribution in [1.82, 2.24) is 0 Å². The fourth-order valence-corrected chi connectivity index (χ4v) is 0.686. The maximum Gasteiger partial charge on any atom is 0.416 e. The minimum atomic E-state index is -4.54. The van der Waals surface area contributed by atoms with E-state index in [-0.39, 0.29) is 0 Å². The van der Waals surface area contributed by atoms with Crippen molar-refractivity contribution in [1.29, 1.82) is 0 Å². The van der Waals surface area contributed by atoms with Crippen LogP contribution in [-0.4, -0.2) is 0 Å². The van der Waals surface area contributed by atoms with Gasteiger partial charge in [0.05, 0.1) is 8.30 Å². The molecule has 0 aliphatic rings. The number of hydrogen-bond donors (Lipinski definition) is 0. The van der Waals surface area contributed by atoms with Gasteiger partial charge in [0.15, 0.2) is 0 Å². The Morgan fingerprint density at radius 2 is 2.09 bits per heavy atom. The number of aryl methyl sites for hydroxylation is 1. The van der Waals surface area contributed by atoms with E-state index in [1.807, 2.05) is 0 Å². The van der Waals surface area contributed by atoms with Crippen molar-refractivity contribution < 1.29 is 15.9 Å². The SMILES string of the molecule is [2H]c1cc(C)cc(C(F)(F)F)c1[2H]. The molecule has 0 radical (unpaired) electrons. The topological polar surface area (TPSA) is 0 Å². The van der Waals surface area contributed by atoms with Crippen LogP contribution in [0, 0.1) is 6.92 Å². The normalized spacial score (nSPS) is 14.2. The molecule has 0 aromatic heterocycles. The zero-order valence-electron chi connectivity index (χ0n) is 7.79. The van der Waals surface area contributed by atoms with Gasteiger partial charge in [-0.25, -0.2) is 0 Å². The summed E-state index contributed by atoms with van der Waals surface area (Å²) in [5.41, 5.74) is -0.703. The lowest BCUT2D eigenvalue weighted by Crippen LogP contribution is -2.04. The number of hydrogen-bond acceptors (Lipinski definition) is 0. The number of benzene rings is 1. The van der Waals surface area contributed by atoms with E-state index < -0.39 is 23.8 Å². The van der Waals surface area contributed by atoms with Gasteiger partial charge in [0.2, 0.25) is 0 Å². The smallest absolute Gasteiger partial charge is 0.166 e. The number of alkyl halides is 3. The van der Waals surface area contributed by atoms with Crippen LogP contribution in [0.2, 0.25) is 0 Å². The predicted molar refractivity (Wildman–Crippen MR) is 36.2 cm³/mol. The minimum absolute atomic E-state index is 0.341. The van der Waals surface area contributed by atoms with E-state index in [1.165, 1.54) is 13.0 Å². The van der Waals surface area contributed by atoms with Gasteiger partial charge < -0.3 is 0 Å². The van der Waals surface area contributed by atoms with Crippen molar-refractivity contribution in [3.8, 4) is 0 Å². The fraction of sp³-hybridized carbons (Fsp3) is 0.250. The number of rotatable bonds is 0. The van der Waals surface area contributed by atoms with E-state index in [1.54, 1.807) is 0 Å². The Morgan fingerprint density at radius 1 is 1.45 bits per heavy atom. The molecule has 0 amide bonds. The standard InChI is InChI=1S/C8H7F3/c1-6-3-2-4-7(5-6)8(9,10)11/h2-5H,1H3/i2D,4D. The van der Waals surface area contributed by atoms with Crippen LogP contribution in [0.4, 0.5) is 13.2 Å². The summed E-state index contributed by atoms with van der Waals surface area (Å²) in [5.74, 6) is 0. The van der Waals surface area contributed by atoms with Crippen molar-refractivity contribution in [3.63, 3.8) is 0 Å². The molecule has 1 rings (SSSR count). The molecule has 0 fully saturated rings. The molecule has 0 N–H and O–H groups in total. The zero-order valence-corrected chi connectivity index (χ0v) is 5.79. The summed E-state index contributed by atoms with van der Waals surface area (Å²) < 4.78 is 50.7. The lowest BCUT2D eigenvalue weighted by molar-refractivity contribution is -0.137. The van der Waals surface area contributed by atoms with Crippen LogP contribution in [0.5, 0.6) is 0 Å². The van der Waals surface area contributed by atoms with Crippen LogP contribution < -0.4 is 0 Å². The third-order valence-corrected chi connectivity index (χ3v) is 1.18. The first-order valence-corrected chi connectivity index (χ1v) is 2.97. The second-order valence-electron chi connectivity index (χ2n) is 2.21. The summed E-state index contributed by atoms with van der Waals surface area (Å²) in [6.45, 7) is 1.46. The van der Waals surface area contributed by atoms with E-state index in [9.17, 15) is 13.2 Å². The molecule has 0 heterocycles. The Bertz CT molecular complexity index is 331. The molecule has 1 aromatic rings. The van der Waals surface area contributed by atoms with Crippen molar-refractivity contribution in [2.24, 2.45) is 0 Å². The maximum absolute atomic E-state index is 12.2. The van der Waals surface area contributed by atoms with Crippen molar-refractivity contribution in [2.75, 3.05) is 0 Å². The quantitative estimate of drug-likeness (QED) is 0.550. The first kappa shape index (κ1) is 5.63. The molecule has 0 unspecified atom stereocenters. The van der Waals surface area contributed by atoms with Crippen molar-refractivity contribution in [3.05, 3.63) is 35.3 Å². The monoisotopic (exact) mass is 162 g/mol. The molecule has 0 aliphatic heterocycles. The molecule has 11 heavy (non-hydrogen) atoms. The van der Waals surface area contributed by atoms with Gasteiger partial charge in [-0.05, 0) is 13.0 Å². The third-order valence-electron chi connectivity index (χ3n) is 1.18. The van der Waals surface area contributed by atoms with E-state index in [4.69, 9.17) is 2.74 Å². The number of halogens is 3. The third kappa shape index (κ3) is 1.97. The molecule has 0 nitrogen and oxygen atoms in total. The predicted octanol–water partition coefficient (Wildman–Crippen LogP) is 3.01. The van der Waals surface area contributed by atoms with Crippen LogP contribution in [-0.2, 0) is 6.18 Å². The average molecular weight is 162 g/mol. The van der Waals surface area contributed by atoms with Crippen molar-refractivity contribution in [2.45, 2.75) is 13.1 Å². The Balaban J connectivity index is 3.37. The summed E-state index contributed by atoms with van der Waals surface area (Å²) in [5, 5.41) is 0. The zero-order chi connectivity index (χ0) is 10.2. The molecule has 0 saturated carbocycles. The Kier molecular flexibility index (Phi) is 1.31. The van der Waals surface area contributed by atoms with Crippen LogP contribution in [0.25, 0.3) is 0 Å². The summed E-state index contributed by atoms with van der Waals surface area (Å²) >= 11 is 0. The molecule has 0 atom stereocenters. The second-order valence-corrected chi connectivity index (χ2v) is 2.21. The van der Waals surface area contributed by atoms with Gasteiger partial charge in [-0.3, -0.25) is 0 Å². The highest BCUT2D eigenvalue weighted by Gasteiger charge is 2.29. The van der Waals surface area contributed by atoms with E-state index >= 15 is 0 Å². The van der Waals surface area contributed by atoms with Gasteiger partial charge in [-0.1, -0.05) is 23.7 Å². The average Bonchev–Trinajstić information content (AvgIpc) is 1.94. The molecule has 1 aromatic carbocycles. The Morgan fingerprint density at radius 3 is 2.64 bits per heavy atom. The fourth-order valence-electron chi connectivity index (χ4n) is 0.686. The molecule has 0 spiro atoms. The van der Waals surface area contributed by atoms with Gasteiger partial charge in [0.1, 0.15) is 0 Å². The molecule has 0 saturated heterocycles. The minimum Gasteiger partial charge on any atom is -0.166 e. The van der Waals surface area contributed by atoms with Gasteiger partial charge in [-0.2, -0.15) is 13.2 Å². The van der Waals surface area contributed by atoms with Gasteiger partial charge in [-0.15, -0.1) is 0 Å². The van der Waals surface area contributed by atoms with Crippen molar-refractivity contribution >= 4 is 0 Å². The molecular weight excluding hydrogens is 153 g/mol. The maximum atomic E-state index is 12.2. The molecule has 3 heteroatoms. The molecule has 60 valence electrons. The summed E-state index contributed by atoms with van der Waals surface area (Å²) in [6.07, 6.45) is -4.54. The highest BCUT2D eigenvalue weighted by atomic mass is 19.4. The van der Waals surface area contributed by atoms with Crippen LogP contribution in [0.15, 0.2) is 24.2 Å². The van der Waals surface area contributed by atoms with E-state index in [2.05, 4.69) is 0 Å². The van der Waals surface area contributed by atoms with Crippen LogP contribution in [0.1, 0.15) is 13.9 Å². The lowest BCUT2D eigenvalue weighted by Gasteiger charge is -2.05. The largest absolute Gasteiger partial charge is 0.416 e. The summed E-state index contributed by atoms with van der Waals surface area (Å²) in [4.78, 5) is 0. The Hall–Kier alpha value is -0.990. The first-order chi connectivity index (χ1) is 5.82. The second kappa shape index (κ2) is 2.57. The molecule has 0 bridgehead atoms. The highest BCUT2D eigenvalue weighted by Crippen LogP contribution is 2.29. The van der Waals surface area contributed by atoms with E-state index in [0.717, 1.165) is 6.07 Å². The molecule has 0 aliphatic carbocycles. The summed E-state index contributed by atoms with van der Waals surface area (Å²) in [6, 6.07) is 0.947. The first-order valence-electron chi connectivity index (χ1n) is 3.97. The van der Waals surface area contributed by atoms with Gasteiger partial charge in [0, 0.05) is 0 Å². The lowest BCUT2D eigenvalue weighted by atomic mass is 10.1. The van der Waals surface area contributed by atoms with Crippen LogP contribution in [0.3, 0.4) is 0 Å². The van der Waals surface area contributed by atoms with Crippen LogP contribution >= 0.6 is 0 Å². The summed E-state index contributed by atoms with van der Waals surface area (Å²) in [7, 11) is 0. The van der Waals surface area contributed by atoms with Gasteiger partial charge in [0.25, 0.3) is 0 Å². The molecular formula is C8H7F3. The Labute approximate surface area is 65.5 Å².